The Morgan fingerprint density at radius 2 is 1.81 bits per heavy atom. The van der Waals surface area contributed by atoms with E-state index in [1.165, 1.54) is 7.11 Å². The first-order chi connectivity index (χ1) is 9.80. The van der Waals surface area contributed by atoms with Crippen LogP contribution in [0.5, 0.6) is 0 Å². The number of nitrogens with one attached hydrogen (secondary N) is 1. The molecule has 2 N–H and O–H groups in total. The molecule has 21 heavy (non-hydrogen) atoms. The monoisotopic (exact) mass is 293 g/mol. The molecule has 0 radical (unpaired) electrons. The molecule has 116 valence electrons. The number of rotatable bonds is 7. The second kappa shape index (κ2) is 6.72. The topological polar surface area (TPSA) is 75.6 Å². The zero-order valence-electron chi connectivity index (χ0n) is 13.0. The van der Waals surface area contributed by atoms with Crippen LogP contribution in [0.4, 0.5) is 0 Å². The average molecular weight is 293 g/mol. The van der Waals surface area contributed by atoms with E-state index in [9.17, 15) is 14.7 Å². The Morgan fingerprint density at radius 3 is 2.24 bits per heavy atom. The van der Waals surface area contributed by atoms with Crippen LogP contribution in [0.2, 0.25) is 0 Å². The van der Waals surface area contributed by atoms with Gasteiger partial charge in [-0.05, 0) is 25.8 Å². The quantitative estimate of drug-likeness (QED) is 0.806. The van der Waals surface area contributed by atoms with Gasteiger partial charge in [0.15, 0.2) is 0 Å². The molecule has 1 aromatic rings. The molecule has 1 unspecified atom stereocenters. The third-order valence-corrected chi connectivity index (χ3v) is 3.95. The first kappa shape index (κ1) is 17.2. The van der Waals surface area contributed by atoms with Crippen LogP contribution in [-0.4, -0.2) is 36.2 Å². The van der Waals surface area contributed by atoms with Gasteiger partial charge in [-0.3, -0.25) is 9.59 Å². The number of hydrogen-bond acceptors (Lipinski definition) is 3. The highest BCUT2D eigenvalue weighted by Gasteiger charge is 2.40. The normalized spacial score (nSPS) is 14.3. The van der Waals surface area contributed by atoms with Crippen molar-refractivity contribution in [3.05, 3.63) is 35.9 Å². The SMILES string of the molecule is CCC(CNC(=O)C(C)(C)OC)(C(=O)O)c1ccccc1. The van der Waals surface area contributed by atoms with Crippen molar-refractivity contribution < 1.29 is 19.4 Å². The Hall–Kier alpha value is -1.88. The first-order valence-corrected chi connectivity index (χ1v) is 6.92. The van der Waals surface area contributed by atoms with Gasteiger partial charge in [0.2, 0.25) is 0 Å². The van der Waals surface area contributed by atoms with Gasteiger partial charge in [0.05, 0.1) is 0 Å². The number of amides is 1. The molecule has 0 spiro atoms. The van der Waals surface area contributed by atoms with E-state index in [0.29, 0.717) is 12.0 Å². The summed E-state index contributed by atoms with van der Waals surface area (Å²) in [7, 11) is 1.45. The minimum absolute atomic E-state index is 0.0223. The second-order valence-corrected chi connectivity index (χ2v) is 5.50. The molecular formula is C16H23NO4. The van der Waals surface area contributed by atoms with Gasteiger partial charge in [0.1, 0.15) is 11.0 Å². The predicted octanol–water partition coefficient (Wildman–Crippen LogP) is 1.96. The highest BCUT2D eigenvalue weighted by atomic mass is 16.5. The van der Waals surface area contributed by atoms with Gasteiger partial charge in [0, 0.05) is 13.7 Å². The molecular weight excluding hydrogens is 270 g/mol. The molecule has 0 bridgehead atoms. The minimum atomic E-state index is -1.14. The Kier molecular flexibility index (Phi) is 5.49. The van der Waals surface area contributed by atoms with Crippen LogP contribution in [-0.2, 0) is 19.7 Å². The number of aliphatic carboxylic acids is 1. The number of carbonyl (C=O) groups excluding carboxylic acids is 1. The highest BCUT2D eigenvalue weighted by Crippen LogP contribution is 2.28. The molecule has 1 amide bonds. The molecule has 1 aromatic carbocycles. The number of carboxylic acids is 1. The summed E-state index contributed by atoms with van der Waals surface area (Å²) in [4.78, 5) is 23.9. The third-order valence-electron chi connectivity index (χ3n) is 3.95. The summed E-state index contributed by atoms with van der Waals surface area (Å²) < 4.78 is 5.11. The number of carbonyl (C=O) groups is 2. The molecule has 0 aliphatic carbocycles. The van der Waals surface area contributed by atoms with Gasteiger partial charge in [-0.2, -0.15) is 0 Å². The van der Waals surface area contributed by atoms with Crippen molar-refractivity contribution in [2.75, 3.05) is 13.7 Å². The Labute approximate surface area is 125 Å². The van der Waals surface area contributed by atoms with Crippen molar-refractivity contribution in [3.63, 3.8) is 0 Å². The molecule has 0 saturated carbocycles. The van der Waals surface area contributed by atoms with Crippen molar-refractivity contribution >= 4 is 11.9 Å². The van der Waals surface area contributed by atoms with Crippen molar-refractivity contribution in [2.45, 2.75) is 38.2 Å². The van der Waals surface area contributed by atoms with E-state index in [2.05, 4.69) is 5.32 Å². The van der Waals surface area contributed by atoms with Gasteiger partial charge in [-0.15, -0.1) is 0 Å². The smallest absolute Gasteiger partial charge is 0.315 e. The van der Waals surface area contributed by atoms with Gasteiger partial charge >= 0.3 is 5.97 Å². The summed E-state index contributed by atoms with van der Waals surface area (Å²) in [5.74, 6) is -1.29. The van der Waals surface area contributed by atoms with Crippen molar-refractivity contribution in [2.24, 2.45) is 0 Å². The van der Waals surface area contributed by atoms with E-state index in [4.69, 9.17) is 4.74 Å². The number of hydrogen-bond donors (Lipinski definition) is 2. The second-order valence-electron chi connectivity index (χ2n) is 5.50. The molecule has 0 saturated heterocycles. The molecule has 1 atom stereocenters. The lowest BCUT2D eigenvalue weighted by Crippen LogP contribution is -2.51. The molecule has 0 fully saturated rings. The zero-order valence-corrected chi connectivity index (χ0v) is 13.0. The Morgan fingerprint density at radius 1 is 1.24 bits per heavy atom. The van der Waals surface area contributed by atoms with Crippen LogP contribution in [0, 0.1) is 0 Å². The van der Waals surface area contributed by atoms with Crippen LogP contribution in [0.15, 0.2) is 30.3 Å². The van der Waals surface area contributed by atoms with E-state index >= 15 is 0 Å². The summed E-state index contributed by atoms with van der Waals surface area (Å²) in [6.07, 6.45) is 0.375. The lowest BCUT2D eigenvalue weighted by atomic mass is 9.78. The summed E-state index contributed by atoms with van der Waals surface area (Å²) in [6, 6.07) is 8.96. The fourth-order valence-corrected chi connectivity index (χ4v) is 2.08. The fourth-order valence-electron chi connectivity index (χ4n) is 2.08. The summed E-state index contributed by atoms with van der Waals surface area (Å²) in [5.41, 5.74) is -1.45. The van der Waals surface area contributed by atoms with E-state index in [1.54, 1.807) is 45.0 Å². The lowest BCUT2D eigenvalue weighted by molar-refractivity contribution is -0.145. The van der Waals surface area contributed by atoms with Gasteiger partial charge < -0.3 is 15.2 Å². The largest absolute Gasteiger partial charge is 0.481 e. The molecule has 0 aliphatic rings. The van der Waals surface area contributed by atoms with E-state index in [1.807, 2.05) is 6.07 Å². The van der Waals surface area contributed by atoms with Crippen molar-refractivity contribution in [3.8, 4) is 0 Å². The van der Waals surface area contributed by atoms with E-state index in [0.717, 1.165) is 0 Å². The molecule has 5 heteroatoms. The molecule has 5 nitrogen and oxygen atoms in total. The standard InChI is InChI=1S/C16H23NO4/c1-5-16(14(19)20,12-9-7-6-8-10-12)11-17-13(18)15(2,3)21-4/h6-10H,5,11H2,1-4H3,(H,17,18)(H,19,20). The van der Waals surface area contributed by atoms with Crippen LogP contribution in [0.3, 0.4) is 0 Å². The van der Waals surface area contributed by atoms with Crippen LogP contribution in [0.25, 0.3) is 0 Å². The summed E-state index contributed by atoms with van der Waals surface area (Å²) >= 11 is 0. The van der Waals surface area contributed by atoms with Crippen LogP contribution < -0.4 is 5.32 Å². The zero-order chi connectivity index (χ0) is 16.1. The maximum Gasteiger partial charge on any atom is 0.315 e. The van der Waals surface area contributed by atoms with Gasteiger partial charge in [-0.1, -0.05) is 37.3 Å². The lowest BCUT2D eigenvalue weighted by Gasteiger charge is -2.31. The van der Waals surface area contributed by atoms with Crippen molar-refractivity contribution in [1.82, 2.24) is 5.32 Å². The highest BCUT2D eigenvalue weighted by molar-refractivity contribution is 5.86. The fraction of sp³-hybridized carbons (Fsp3) is 0.500. The van der Waals surface area contributed by atoms with Gasteiger partial charge in [-0.25, -0.2) is 0 Å². The Bertz CT molecular complexity index is 498. The summed E-state index contributed by atoms with van der Waals surface area (Å²) in [6.45, 7) is 5.10. The third kappa shape index (κ3) is 3.61. The Balaban J connectivity index is 3.01. The maximum atomic E-state index is 12.1. The van der Waals surface area contributed by atoms with Crippen LogP contribution >= 0.6 is 0 Å². The molecule has 0 aromatic heterocycles. The van der Waals surface area contributed by atoms with Gasteiger partial charge in [0.25, 0.3) is 5.91 Å². The summed E-state index contributed by atoms with van der Waals surface area (Å²) in [5, 5.41) is 12.4. The van der Waals surface area contributed by atoms with Crippen molar-refractivity contribution in [1.29, 1.82) is 0 Å². The number of methoxy groups -OCH3 is 1. The predicted molar refractivity (Wildman–Crippen MR) is 80.1 cm³/mol. The average Bonchev–Trinajstić information content (AvgIpc) is 2.48. The maximum absolute atomic E-state index is 12.1. The molecule has 0 aliphatic heterocycles. The number of benzene rings is 1. The van der Waals surface area contributed by atoms with E-state index in [-0.39, 0.29) is 12.5 Å². The molecule has 0 heterocycles. The first-order valence-electron chi connectivity index (χ1n) is 6.92. The number of carboxylic acid groups (broad SMARTS) is 1. The van der Waals surface area contributed by atoms with Crippen LogP contribution in [0.1, 0.15) is 32.8 Å². The minimum Gasteiger partial charge on any atom is -0.481 e. The van der Waals surface area contributed by atoms with E-state index < -0.39 is 17.0 Å². The number of ether oxygens (including phenoxy) is 1. The molecule has 1 rings (SSSR count).